The van der Waals surface area contributed by atoms with Crippen LogP contribution in [0.2, 0.25) is 0 Å². The standard InChI is InChI=1S/C20H30N6O/c1-15(27)21-10-12-26-20-19(22-8-9-23-20)18(24-26)17-7-11-25(14-17)13-16-5-3-2-4-6-16/h8-9,16-17H,2-7,10-14H2,1H3,(H,21,27). The van der Waals surface area contributed by atoms with E-state index in [9.17, 15) is 4.79 Å². The Hall–Kier alpha value is -2.02. The molecule has 0 bridgehead atoms. The smallest absolute Gasteiger partial charge is 0.216 e. The second kappa shape index (κ2) is 8.33. The van der Waals surface area contributed by atoms with Crippen molar-refractivity contribution in [2.45, 2.75) is 57.9 Å². The average molecular weight is 371 g/mol. The molecule has 1 aliphatic heterocycles. The van der Waals surface area contributed by atoms with Crippen LogP contribution in [0.4, 0.5) is 0 Å². The van der Waals surface area contributed by atoms with Gasteiger partial charge in [0.1, 0.15) is 5.52 Å². The third-order valence-electron chi connectivity index (χ3n) is 5.99. The zero-order valence-electron chi connectivity index (χ0n) is 16.2. The number of hydrogen-bond donors (Lipinski definition) is 1. The highest BCUT2D eigenvalue weighted by atomic mass is 16.1. The highest BCUT2D eigenvalue weighted by Gasteiger charge is 2.30. The summed E-state index contributed by atoms with van der Waals surface area (Å²) >= 11 is 0. The van der Waals surface area contributed by atoms with Crippen LogP contribution in [0.1, 0.15) is 57.1 Å². The lowest BCUT2D eigenvalue weighted by Crippen LogP contribution is -2.28. The Morgan fingerprint density at radius 2 is 2.00 bits per heavy atom. The van der Waals surface area contributed by atoms with Crippen LogP contribution in [0.25, 0.3) is 11.2 Å². The Morgan fingerprint density at radius 1 is 1.19 bits per heavy atom. The number of fused-ring (bicyclic) bond motifs is 1. The van der Waals surface area contributed by atoms with Crippen molar-refractivity contribution in [3.8, 4) is 0 Å². The minimum Gasteiger partial charge on any atom is -0.354 e. The third kappa shape index (κ3) is 4.29. The van der Waals surface area contributed by atoms with Gasteiger partial charge in [0.05, 0.1) is 12.2 Å². The molecule has 2 fully saturated rings. The van der Waals surface area contributed by atoms with Gasteiger partial charge in [0.2, 0.25) is 5.91 Å². The van der Waals surface area contributed by atoms with Gasteiger partial charge in [-0.15, -0.1) is 0 Å². The molecule has 1 N–H and O–H groups in total. The minimum absolute atomic E-state index is 0.0214. The molecule has 3 heterocycles. The van der Waals surface area contributed by atoms with Gasteiger partial charge in [0.15, 0.2) is 5.65 Å². The molecule has 146 valence electrons. The summed E-state index contributed by atoms with van der Waals surface area (Å²) < 4.78 is 1.90. The largest absolute Gasteiger partial charge is 0.354 e. The van der Waals surface area contributed by atoms with Gasteiger partial charge in [0, 0.05) is 44.9 Å². The van der Waals surface area contributed by atoms with E-state index in [0.29, 0.717) is 19.0 Å². The number of nitrogens with zero attached hydrogens (tertiary/aromatic N) is 5. The van der Waals surface area contributed by atoms with Crippen LogP contribution in [0.3, 0.4) is 0 Å². The molecule has 0 aromatic carbocycles. The van der Waals surface area contributed by atoms with Crippen molar-refractivity contribution in [2.24, 2.45) is 5.92 Å². The van der Waals surface area contributed by atoms with Gasteiger partial charge in [-0.1, -0.05) is 19.3 Å². The zero-order valence-corrected chi connectivity index (χ0v) is 16.2. The first kappa shape index (κ1) is 18.3. The van der Waals surface area contributed by atoms with E-state index in [-0.39, 0.29) is 5.91 Å². The van der Waals surface area contributed by atoms with Crippen molar-refractivity contribution in [3.63, 3.8) is 0 Å². The molecule has 2 aliphatic rings. The van der Waals surface area contributed by atoms with Crippen LogP contribution >= 0.6 is 0 Å². The maximum absolute atomic E-state index is 11.1. The molecule has 1 amide bonds. The van der Waals surface area contributed by atoms with Crippen molar-refractivity contribution in [2.75, 3.05) is 26.2 Å². The fourth-order valence-corrected chi connectivity index (χ4v) is 4.65. The molecule has 0 radical (unpaired) electrons. The van der Waals surface area contributed by atoms with Crippen LogP contribution in [0.5, 0.6) is 0 Å². The molecule has 1 unspecified atom stereocenters. The molecule has 2 aromatic heterocycles. The van der Waals surface area contributed by atoms with E-state index in [1.807, 2.05) is 4.68 Å². The molecule has 7 nitrogen and oxygen atoms in total. The van der Waals surface area contributed by atoms with Crippen molar-refractivity contribution in [1.29, 1.82) is 0 Å². The second-order valence-corrected chi connectivity index (χ2v) is 8.07. The SMILES string of the molecule is CC(=O)NCCn1nc(C2CCN(CC3CCCCC3)C2)c2nccnc21. The molecule has 1 saturated carbocycles. The Balaban J connectivity index is 1.46. The molecule has 7 heteroatoms. The van der Waals surface area contributed by atoms with E-state index in [2.05, 4.69) is 20.2 Å². The first-order valence-corrected chi connectivity index (χ1v) is 10.3. The van der Waals surface area contributed by atoms with Crippen LogP contribution < -0.4 is 5.32 Å². The van der Waals surface area contributed by atoms with Gasteiger partial charge in [-0.05, 0) is 31.7 Å². The van der Waals surface area contributed by atoms with Crippen LogP contribution in [-0.4, -0.2) is 56.7 Å². The monoisotopic (exact) mass is 370 g/mol. The topological polar surface area (TPSA) is 75.9 Å². The van der Waals surface area contributed by atoms with E-state index in [1.54, 1.807) is 12.4 Å². The van der Waals surface area contributed by atoms with Gasteiger partial charge in [-0.2, -0.15) is 5.10 Å². The lowest BCUT2D eigenvalue weighted by atomic mass is 9.89. The van der Waals surface area contributed by atoms with E-state index < -0.39 is 0 Å². The number of aromatic nitrogens is 4. The molecule has 0 spiro atoms. The number of rotatable bonds is 6. The first-order chi connectivity index (χ1) is 13.2. The van der Waals surface area contributed by atoms with Gasteiger partial charge in [0.25, 0.3) is 0 Å². The van der Waals surface area contributed by atoms with Gasteiger partial charge < -0.3 is 10.2 Å². The number of hydrogen-bond acceptors (Lipinski definition) is 5. The fraction of sp³-hybridized carbons (Fsp3) is 0.700. The molecular formula is C20H30N6O. The van der Waals surface area contributed by atoms with Gasteiger partial charge in [-0.25, -0.2) is 14.6 Å². The van der Waals surface area contributed by atoms with Gasteiger partial charge in [-0.3, -0.25) is 4.79 Å². The van der Waals surface area contributed by atoms with Gasteiger partial charge >= 0.3 is 0 Å². The number of carbonyl (C=O) groups is 1. The van der Waals surface area contributed by atoms with Crippen LogP contribution in [0, 0.1) is 5.92 Å². The number of nitrogens with one attached hydrogen (secondary N) is 1. The summed E-state index contributed by atoms with van der Waals surface area (Å²) in [5.41, 5.74) is 2.82. The van der Waals surface area contributed by atoms with Crippen molar-refractivity contribution < 1.29 is 4.79 Å². The zero-order chi connectivity index (χ0) is 18.6. The van der Waals surface area contributed by atoms with Crippen LogP contribution in [0.15, 0.2) is 12.4 Å². The molecule has 2 aromatic rings. The fourth-order valence-electron chi connectivity index (χ4n) is 4.65. The summed E-state index contributed by atoms with van der Waals surface area (Å²) in [5, 5.41) is 7.70. The average Bonchev–Trinajstić information content (AvgIpc) is 3.27. The maximum Gasteiger partial charge on any atom is 0.216 e. The second-order valence-electron chi connectivity index (χ2n) is 8.07. The summed E-state index contributed by atoms with van der Waals surface area (Å²) in [5.74, 6) is 1.28. The van der Waals surface area contributed by atoms with E-state index >= 15 is 0 Å². The molecule has 1 saturated heterocycles. The summed E-state index contributed by atoms with van der Waals surface area (Å²) in [6.07, 6.45) is 11.6. The summed E-state index contributed by atoms with van der Waals surface area (Å²) in [7, 11) is 0. The Kier molecular flexibility index (Phi) is 5.66. The Bertz CT molecular complexity index is 782. The van der Waals surface area contributed by atoms with Crippen molar-refractivity contribution >= 4 is 17.1 Å². The molecule has 27 heavy (non-hydrogen) atoms. The van der Waals surface area contributed by atoms with Crippen LogP contribution in [-0.2, 0) is 11.3 Å². The lowest BCUT2D eigenvalue weighted by molar-refractivity contribution is -0.118. The summed E-state index contributed by atoms with van der Waals surface area (Å²) in [6, 6.07) is 0. The number of likely N-dealkylation sites (tertiary alicyclic amines) is 1. The van der Waals surface area contributed by atoms with E-state index in [4.69, 9.17) is 5.10 Å². The van der Waals surface area contributed by atoms with E-state index in [0.717, 1.165) is 42.3 Å². The Morgan fingerprint density at radius 3 is 2.81 bits per heavy atom. The highest BCUT2D eigenvalue weighted by molar-refractivity contribution is 5.74. The molecule has 4 rings (SSSR count). The third-order valence-corrected chi connectivity index (χ3v) is 5.99. The lowest BCUT2D eigenvalue weighted by Gasteiger charge is -2.26. The van der Waals surface area contributed by atoms with Crippen molar-refractivity contribution in [3.05, 3.63) is 18.1 Å². The summed E-state index contributed by atoms with van der Waals surface area (Å²) in [6.45, 7) is 6.18. The normalized spacial score (nSPS) is 21.7. The number of carbonyl (C=O) groups excluding carboxylic acids is 1. The highest BCUT2D eigenvalue weighted by Crippen LogP contribution is 2.32. The van der Waals surface area contributed by atoms with E-state index in [1.165, 1.54) is 45.6 Å². The van der Waals surface area contributed by atoms with Crippen molar-refractivity contribution in [1.82, 2.24) is 30.0 Å². The molecule has 1 aliphatic carbocycles. The predicted molar refractivity (Wildman–Crippen MR) is 104 cm³/mol. The quantitative estimate of drug-likeness (QED) is 0.845. The number of amides is 1. The Labute approximate surface area is 160 Å². The summed E-state index contributed by atoms with van der Waals surface area (Å²) in [4.78, 5) is 22.8. The minimum atomic E-state index is -0.0214. The molecular weight excluding hydrogens is 340 g/mol. The predicted octanol–water partition coefficient (Wildman–Crippen LogP) is 2.33. The molecule has 1 atom stereocenters. The first-order valence-electron chi connectivity index (χ1n) is 10.3. The maximum atomic E-state index is 11.1.